The van der Waals surface area contributed by atoms with E-state index in [-0.39, 0.29) is 12.3 Å². The molecule has 180 valence electrons. The fourth-order valence-corrected chi connectivity index (χ4v) is 4.82. The molecule has 0 aliphatic rings. The summed E-state index contributed by atoms with van der Waals surface area (Å²) in [5.74, 6) is 3.52. The minimum atomic E-state index is -1.25. The van der Waals surface area contributed by atoms with Gasteiger partial charge >= 0.3 is 0 Å². The summed E-state index contributed by atoms with van der Waals surface area (Å²) in [6.07, 6.45) is 5.99. The van der Waals surface area contributed by atoms with Gasteiger partial charge in [0.25, 0.3) is 5.56 Å². The molecule has 0 fully saturated rings. The molecule has 35 heavy (non-hydrogen) atoms. The van der Waals surface area contributed by atoms with Crippen molar-refractivity contribution in [1.82, 2.24) is 14.2 Å². The Balaban J connectivity index is 1.94. The quantitative estimate of drug-likeness (QED) is 0.189. The molecule has 4 aromatic rings. The van der Waals surface area contributed by atoms with Crippen LogP contribution in [0.5, 0.6) is 5.75 Å². The van der Waals surface area contributed by atoms with Crippen LogP contribution in [0.15, 0.2) is 59.4 Å². The van der Waals surface area contributed by atoms with E-state index in [4.69, 9.17) is 21.0 Å². The molecule has 7 heteroatoms. The van der Waals surface area contributed by atoms with Crippen LogP contribution in [-0.4, -0.2) is 36.0 Å². The number of fused-ring (bicyclic) bond motifs is 1. The predicted octanol–water partition coefficient (Wildman–Crippen LogP) is 5.44. The van der Waals surface area contributed by atoms with Gasteiger partial charge < -0.3 is 14.0 Å². The van der Waals surface area contributed by atoms with Gasteiger partial charge in [0, 0.05) is 25.9 Å². The maximum atomic E-state index is 13.8. The van der Waals surface area contributed by atoms with Crippen molar-refractivity contribution in [1.29, 1.82) is 0 Å². The molecule has 2 heterocycles. The van der Waals surface area contributed by atoms with Gasteiger partial charge in [0.2, 0.25) is 0 Å². The summed E-state index contributed by atoms with van der Waals surface area (Å²) in [6, 6.07) is 18.2. The summed E-state index contributed by atoms with van der Waals surface area (Å²) in [5.41, 5.74) is 4.50. The largest absolute Gasteiger partial charge is 0.497 e. The van der Waals surface area contributed by atoms with Crippen molar-refractivity contribution in [3.8, 4) is 40.5 Å². The Morgan fingerprint density at radius 1 is 1.03 bits per heavy atom. The lowest BCUT2D eigenvalue weighted by Crippen LogP contribution is -2.26. The van der Waals surface area contributed by atoms with Crippen LogP contribution in [-0.2, 0) is 11.5 Å². The normalized spacial score (nSPS) is 11.5. The first-order valence-electron chi connectivity index (χ1n) is 11.7. The number of terminal acetylenes is 1. The number of methoxy groups -OCH3 is 1. The highest BCUT2D eigenvalue weighted by atomic mass is 28.3. The third-order valence-corrected chi connectivity index (χ3v) is 7.78. The Hall–Kier alpha value is -3.60. The van der Waals surface area contributed by atoms with Gasteiger partial charge in [-0.25, -0.2) is 0 Å². The van der Waals surface area contributed by atoms with E-state index in [1.54, 1.807) is 7.11 Å². The summed E-state index contributed by atoms with van der Waals surface area (Å²) in [4.78, 5) is 13.8. The second-order valence-electron chi connectivity index (χ2n) is 9.74. The molecule has 0 saturated heterocycles. The van der Waals surface area contributed by atoms with E-state index < -0.39 is 8.07 Å². The van der Waals surface area contributed by atoms with Crippen molar-refractivity contribution in [2.24, 2.45) is 0 Å². The Morgan fingerprint density at radius 2 is 1.71 bits per heavy atom. The lowest BCUT2D eigenvalue weighted by Gasteiger charge is -2.19. The first-order chi connectivity index (χ1) is 16.7. The molecule has 0 aliphatic carbocycles. The van der Waals surface area contributed by atoms with Gasteiger partial charge in [0.1, 0.15) is 18.2 Å². The van der Waals surface area contributed by atoms with E-state index in [1.165, 1.54) is 4.52 Å². The van der Waals surface area contributed by atoms with Crippen LogP contribution in [0.1, 0.15) is 11.3 Å². The smallest absolute Gasteiger partial charge is 0.282 e. The average molecular weight is 486 g/mol. The van der Waals surface area contributed by atoms with Crippen molar-refractivity contribution in [3.63, 3.8) is 0 Å². The number of nitrogens with zero attached hydrogens (tertiary/aromatic N) is 3. The molecular formula is C28H31N3O3Si. The van der Waals surface area contributed by atoms with Gasteiger partial charge in [-0.3, -0.25) is 4.79 Å². The van der Waals surface area contributed by atoms with Gasteiger partial charge in [-0.15, -0.1) is 6.42 Å². The second-order valence-corrected chi connectivity index (χ2v) is 15.4. The van der Waals surface area contributed by atoms with Gasteiger partial charge in [-0.1, -0.05) is 68.0 Å². The Kier molecular flexibility index (Phi) is 6.97. The lowest BCUT2D eigenvalue weighted by atomic mass is 10.0. The fourth-order valence-electron chi connectivity index (χ4n) is 4.07. The maximum Gasteiger partial charge on any atom is 0.282 e. The molecule has 0 amide bonds. The van der Waals surface area contributed by atoms with Crippen molar-refractivity contribution in [2.75, 3.05) is 13.7 Å². The molecule has 0 aliphatic heterocycles. The number of ether oxygens (including phenoxy) is 2. The Morgan fingerprint density at radius 3 is 2.31 bits per heavy atom. The molecule has 0 radical (unpaired) electrons. The molecule has 0 N–H and O–H groups in total. The van der Waals surface area contributed by atoms with Crippen LogP contribution in [0.3, 0.4) is 0 Å². The monoisotopic (exact) mass is 485 g/mol. The van der Waals surface area contributed by atoms with Gasteiger partial charge in [0.05, 0.1) is 18.2 Å². The number of hydrogen-bond donors (Lipinski definition) is 0. The topological polar surface area (TPSA) is 57.8 Å². The molecule has 6 nitrogen and oxygen atoms in total. The Bertz CT molecular complexity index is 1440. The van der Waals surface area contributed by atoms with Crippen molar-refractivity contribution < 1.29 is 9.47 Å². The van der Waals surface area contributed by atoms with Crippen molar-refractivity contribution in [3.05, 3.63) is 76.2 Å². The van der Waals surface area contributed by atoms with Crippen molar-refractivity contribution in [2.45, 2.75) is 39.3 Å². The molecule has 4 rings (SSSR count). The fraction of sp³-hybridized carbons (Fsp3) is 0.286. The lowest BCUT2D eigenvalue weighted by molar-refractivity contribution is 0.0877. The first kappa shape index (κ1) is 24.5. The SMILES string of the molecule is C#Cc1c(-c2ccccc2)nn2c(=O)c(-c3ccc(OC)cc3)c(C)n(COCC[Si](C)(C)C)c12. The number of hydrogen-bond acceptors (Lipinski definition) is 4. The van der Waals surface area contributed by atoms with Crippen LogP contribution in [0.2, 0.25) is 25.7 Å². The number of aromatic nitrogens is 3. The van der Waals surface area contributed by atoms with Crippen LogP contribution < -0.4 is 10.3 Å². The van der Waals surface area contributed by atoms with Crippen molar-refractivity contribution >= 4 is 13.7 Å². The van der Waals surface area contributed by atoms with E-state index in [1.807, 2.05) is 66.1 Å². The highest BCUT2D eigenvalue weighted by molar-refractivity contribution is 6.76. The van der Waals surface area contributed by atoms with Crippen LogP contribution >= 0.6 is 0 Å². The molecular weight excluding hydrogens is 454 g/mol. The summed E-state index contributed by atoms with van der Waals surface area (Å²) >= 11 is 0. The van der Waals surface area contributed by atoms with E-state index in [2.05, 4.69) is 25.6 Å². The average Bonchev–Trinajstić information content (AvgIpc) is 3.24. The first-order valence-corrected chi connectivity index (χ1v) is 15.4. The van der Waals surface area contributed by atoms with Crippen LogP contribution in [0.4, 0.5) is 0 Å². The van der Waals surface area contributed by atoms with Gasteiger partial charge in [-0.2, -0.15) is 9.61 Å². The molecule has 0 bridgehead atoms. The summed E-state index contributed by atoms with van der Waals surface area (Å²) < 4.78 is 14.8. The van der Waals surface area contributed by atoms with E-state index >= 15 is 0 Å². The zero-order valence-electron chi connectivity index (χ0n) is 21.0. The molecule has 2 aromatic heterocycles. The zero-order valence-corrected chi connectivity index (χ0v) is 22.0. The zero-order chi connectivity index (χ0) is 25.2. The molecule has 0 saturated carbocycles. The molecule has 0 atom stereocenters. The summed E-state index contributed by atoms with van der Waals surface area (Å²) in [6.45, 7) is 9.81. The minimum absolute atomic E-state index is 0.223. The maximum absolute atomic E-state index is 13.8. The predicted molar refractivity (Wildman–Crippen MR) is 144 cm³/mol. The highest BCUT2D eigenvalue weighted by Crippen LogP contribution is 2.29. The Labute approximate surface area is 207 Å². The van der Waals surface area contributed by atoms with Crippen LogP contribution in [0, 0.1) is 19.3 Å². The highest BCUT2D eigenvalue weighted by Gasteiger charge is 2.23. The third-order valence-electron chi connectivity index (χ3n) is 6.08. The van der Waals surface area contributed by atoms with Gasteiger partial charge in [0.15, 0.2) is 5.65 Å². The number of rotatable bonds is 8. The molecule has 2 aromatic carbocycles. The van der Waals surface area contributed by atoms with E-state index in [9.17, 15) is 4.79 Å². The summed E-state index contributed by atoms with van der Waals surface area (Å²) in [7, 11) is 0.370. The van der Waals surface area contributed by atoms with E-state index in [0.717, 1.165) is 28.6 Å². The number of benzene rings is 2. The minimum Gasteiger partial charge on any atom is -0.497 e. The molecule has 0 spiro atoms. The molecule has 0 unspecified atom stereocenters. The summed E-state index contributed by atoms with van der Waals surface area (Å²) in [5, 5.41) is 4.71. The van der Waals surface area contributed by atoms with Crippen LogP contribution in [0.25, 0.3) is 28.0 Å². The van der Waals surface area contributed by atoms with E-state index in [0.29, 0.717) is 29.1 Å². The third kappa shape index (κ3) is 4.95. The van der Waals surface area contributed by atoms with Gasteiger partial charge in [-0.05, 0) is 30.7 Å². The standard InChI is InChI=1S/C28H31N3O3Si/c1-7-24-26(22-11-9-8-10-12-22)29-31-27(24)30(19-34-17-18-35(4,5)6)20(2)25(28(31)32)21-13-15-23(33-3)16-14-21/h1,8-16H,17-19H2,2-6H3. The second kappa shape index (κ2) is 9.94.